The molecule has 0 unspecified atom stereocenters. The van der Waals surface area contributed by atoms with Gasteiger partial charge in [0.05, 0.1) is 16.1 Å². The summed E-state index contributed by atoms with van der Waals surface area (Å²) in [4.78, 5) is 29.4. The summed E-state index contributed by atoms with van der Waals surface area (Å²) in [5, 5.41) is 2.91. The van der Waals surface area contributed by atoms with Crippen LogP contribution in [0.25, 0.3) is 0 Å². The molecule has 2 amide bonds. The highest BCUT2D eigenvalue weighted by Gasteiger charge is 2.36. The molecule has 0 spiro atoms. The van der Waals surface area contributed by atoms with Crippen LogP contribution in [-0.4, -0.2) is 44.3 Å². The van der Waals surface area contributed by atoms with Gasteiger partial charge in [-0.2, -0.15) is 13.2 Å². The molecule has 0 fully saturated rings. The predicted octanol–water partition coefficient (Wildman–Crippen LogP) is 7.38. The van der Waals surface area contributed by atoms with E-state index >= 15 is 0 Å². The number of aryl methyl sites for hydroxylation is 1. The zero-order valence-electron chi connectivity index (χ0n) is 26.7. The minimum atomic E-state index is -4.76. The lowest BCUT2D eigenvalue weighted by molar-refractivity contribution is -0.140. The van der Waals surface area contributed by atoms with Crippen molar-refractivity contribution in [1.82, 2.24) is 10.2 Å². The van der Waals surface area contributed by atoms with Gasteiger partial charge in [-0.15, -0.1) is 0 Å². The van der Waals surface area contributed by atoms with Gasteiger partial charge in [-0.3, -0.25) is 13.9 Å². The highest BCUT2D eigenvalue weighted by molar-refractivity contribution is 9.10. The van der Waals surface area contributed by atoms with E-state index in [0.29, 0.717) is 22.5 Å². The number of amides is 2. The second kappa shape index (κ2) is 15.8. The number of sulfonamides is 1. The summed E-state index contributed by atoms with van der Waals surface area (Å²) in [5.41, 5.74) is 0.781. The van der Waals surface area contributed by atoms with Crippen LogP contribution in [0.15, 0.2) is 112 Å². The van der Waals surface area contributed by atoms with Crippen LogP contribution in [0, 0.1) is 12.8 Å². The van der Waals surface area contributed by atoms with E-state index in [1.165, 1.54) is 23.1 Å². The third-order valence-corrected chi connectivity index (χ3v) is 9.89. The summed E-state index contributed by atoms with van der Waals surface area (Å²) in [6, 6.07) is 24.7. The molecule has 7 nitrogen and oxygen atoms in total. The Balaban J connectivity index is 1.84. The first-order valence-corrected chi connectivity index (χ1v) is 17.5. The summed E-state index contributed by atoms with van der Waals surface area (Å²) in [6.45, 7) is 5.03. The molecule has 0 heterocycles. The Kier molecular flexibility index (Phi) is 12.1. The van der Waals surface area contributed by atoms with E-state index in [2.05, 4.69) is 21.2 Å². The van der Waals surface area contributed by atoms with Crippen molar-refractivity contribution in [2.75, 3.05) is 17.4 Å². The number of halogens is 4. The molecule has 4 rings (SSSR count). The fraction of sp³-hybridized carbons (Fsp3) is 0.278. The van der Waals surface area contributed by atoms with Gasteiger partial charge >= 0.3 is 6.18 Å². The van der Waals surface area contributed by atoms with Crippen molar-refractivity contribution < 1.29 is 31.2 Å². The van der Waals surface area contributed by atoms with E-state index in [1.807, 2.05) is 44.2 Å². The highest BCUT2D eigenvalue weighted by atomic mass is 79.9. The van der Waals surface area contributed by atoms with E-state index < -0.39 is 46.2 Å². The number of anilines is 1. The Bertz CT molecular complexity index is 1800. The number of hydrogen-bond acceptors (Lipinski definition) is 4. The van der Waals surface area contributed by atoms with E-state index in [4.69, 9.17) is 0 Å². The minimum Gasteiger partial charge on any atom is -0.354 e. The maximum atomic E-state index is 14.5. The van der Waals surface area contributed by atoms with Crippen LogP contribution in [0.3, 0.4) is 0 Å². The number of rotatable bonds is 13. The van der Waals surface area contributed by atoms with Crippen molar-refractivity contribution in [1.29, 1.82) is 0 Å². The third kappa shape index (κ3) is 9.70. The summed E-state index contributed by atoms with van der Waals surface area (Å²) in [7, 11) is -4.55. The molecule has 48 heavy (non-hydrogen) atoms. The van der Waals surface area contributed by atoms with Crippen molar-refractivity contribution in [2.45, 2.75) is 50.9 Å². The number of hydrogen-bond donors (Lipinski definition) is 1. The molecule has 1 atom stereocenters. The smallest absolute Gasteiger partial charge is 0.354 e. The lowest BCUT2D eigenvalue weighted by atomic mass is 10.0. The van der Waals surface area contributed by atoms with E-state index in [1.54, 1.807) is 43.3 Å². The number of carbonyl (C=O) groups excluding carboxylic acids is 2. The van der Waals surface area contributed by atoms with Gasteiger partial charge in [-0.25, -0.2) is 8.42 Å². The van der Waals surface area contributed by atoms with Gasteiger partial charge in [0.25, 0.3) is 10.0 Å². The standard InChI is InChI=1S/C36H37BrF3N3O4S/c1-25(2)22-41-35(45)33(20-27-8-5-4-6-9-27)42(23-28-14-16-30(37)17-15-28)34(44)24-43(31-11-7-10-29(21-31)36(38,39)40)48(46,47)32-18-12-26(3)13-19-32/h4-19,21,25,33H,20,22-24H2,1-3H3,(H,41,45)/t33-/m0/s1. The summed E-state index contributed by atoms with van der Waals surface area (Å²) >= 11 is 3.40. The number of benzene rings is 4. The number of nitrogens with zero attached hydrogens (tertiary/aromatic N) is 2. The van der Waals surface area contributed by atoms with E-state index in [9.17, 15) is 31.2 Å². The molecular formula is C36H37BrF3N3O4S. The Morgan fingerprint density at radius 3 is 2.10 bits per heavy atom. The van der Waals surface area contributed by atoms with Crippen molar-refractivity contribution >= 4 is 43.5 Å². The highest BCUT2D eigenvalue weighted by Crippen LogP contribution is 2.33. The Morgan fingerprint density at radius 1 is 0.854 bits per heavy atom. The second-order valence-corrected chi connectivity index (χ2v) is 14.6. The van der Waals surface area contributed by atoms with Crippen molar-refractivity contribution in [2.24, 2.45) is 5.92 Å². The quantitative estimate of drug-likeness (QED) is 0.155. The van der Waals surface area contributed by atoms with Gasteiger partial charge in [0.1, 0.15) is 12.6 Å². The van der Waals surface area contributed by atoms with Gasteiger partial charge in [0, 0.05) is 24.0 Å². The van der Waals surface area contributed by atoms with Gasteiger partial charge < -0.3 is 10.2 Å². The molecule has 0 aliphatic rings. The molecular weight excluding hydrogens is 707 g/mol. The summed E-state index contributed by atoms with van der Waals surface area (Å²) in [5.74, 6) is -1.10. The molecule has 12 heteroatoms. The monoisotopic (exact) mass is 743 g/mol. The van der Waals surface area contributed by atoms with E-state index in [0.717, 1.165) is 27.7 Å². The Hall–Kier alpha value is -4.16. The first-order valence-electron chi connectivity index (χ1n) is 15.3. The Labute approximate surface area is 287 Å². The maximum Gasteiger partial charge on any atom is 0.416 e. The van der Waals surface area contributed by atoms with Gasteiger partial charge in [0.2, 0.25) is 11.8 Å². The summed E-state index contributed by atoms with van der Waals surface area (Å²) < 4.78 is 71.1. The molecule has 1 N–H and O–H groups in total. The molecule has 0 saturated heterocycles. The minimum absolute atomic E-state index is 0.0697. The lowest BCUT2D eigenvalue weighted by Crippen LogP contribution is -2.53. The lowest BCUT2D eigenvalue weighted by Gasteiger charge is -2.34. The molecule has 0 saturated carbocycles. The van der Waals surface area contributed by atoms with E-state index in [-0.39, 0.29) is 29.5 Å². The maximum absolute atomic E-state index is 14.5. The fourth-order valence-electron chi connectivity index (χ4n) is 4.97. The molecule has 4 aromatic rings. The first-order chi connectivity index (χ1) is 22.6. The van der Waals surface area contributed by atoms with Crippen LogP contribution in [0.4, 0.5) is 18.9 Å². The van der Waals surface area contributed by atoms with Crippen LogP contribution >= 0.6 is 15.9 Å². The Morgan fingerprint density at radius 2 is 1.50 bits per heavy atom. The number of nitrogens with one attached hydrogen (secondary N) is 1. The van der Waals surface area contributed by atoms with Gasteiger partial charge in [-0.1, -0.05) is 96.0 Å². The fourth-order valence-corrected chi connectivity index (χ4v) is 6.64. The molecule has 0 bridgehead atoms. The number of alkyl halides is 3. The van der Waals surface area contributed by atoms with Crippen molar-refractivity contribution in [3.63, 3.8) is 0 Å². The topological polar surface area (TPSA) is 86.8 Å². The normalized spacial score (nSPS) is 12.4. The second-order valence-electron chi connectivity index (χ2n) is 11.9. The van der Waals surface area contributed by atoms with Crippen molar-refractivity contribution in [3.8, 4) is 0 Å². The average Bonchev–Trinajstić information content (AvgIpc) is 3.05. The van der Waals surface area contributed by atoms with Crippen LogP contribution in [0.2, 0.25) is 0 Å². The zero-order valence-corrected chi connectivity index (χ0v) is 29.1. The third-order valence-electron chi connectivity index (χ3n) is 7.57. The molecule has 0 aliphatic heterocycles. The SMILES string of the molecule is Cc1ccc(S(=O)(=O)N(CC(=O)N(Cc2ccc(Br)cc2)[C@@H](Cc2ccccc2)C(=O)NCC(C)C)c2cccc(C(F)(F)F)c2)cc1. The molecule has 0 radical (unpaired) electrons. The predicted molar refractivity (Wildman–Crippen MR) is 184 cm³/mol. The van der Waals surface area contributed by atoms with Crippen LogP contribution in [-0.2, 0) is 38.8 Å². The van der Waals surface area contributed by atoms with Gasteiger partial charge in [0.15, 0.2) is 0 Å². The molecule has 4 aromatic carbocycles. The molecule has 254 valence electrons. The first kappa shape index (κ1) is 36.7. The molecule has 0 aromatic heterocycles. The summed E-state index contributed by atoms with van der Waals surface area (Å²) in [6.07, 6.45) is -4.65. The van der Waals surface area contributed by atoms with Gasteiger partial charge in [-0.05, 0) is 66.4 Å². The van der Waals surface area contributed by atoms with Crippen molar-refractivity contribution in [3.05, 3.63) is 130 Å². The number of carbonyl (C=O) groups is 2. The largest absolute Gasteiger partial charge is 0.416 e. The van der Waals surface area contributed by atoms with Crippen LogP contribution in [0.1, 0.15) is 36.1 Å². The van der Waals surface area contributed by atoms with Crippen LogP contribution < -0.4 is 9.62 Å². The molecule has 0 aliphatic carbocycles. The van der Waals surface area contributed by atoms with Crippen LogP contribution in [0.5, 0.6) is 0 Å². The average molecular weight is 745 g/mol. The zero-order chi connectivity index (χ0) is 35.1.